The Morgan fingerprint density at radius 2 is 1.77 bits per heavy atom. The molecule has 6 nitrogen and oxygen atoms in total. The number of carboxylic acids is 1. The molecular weight excluding hydrogens is 305 g/mol. The minimum atomic E-state index is -4.79. The molecule has 2 amide bonds. The van der Waals surface area contributed by atoms with Crippen LogP contribution in [0.5, 0.6) is 5.75 Å². The number of rotatable bonds is 5. The Morgan fingerprint density at radius 3 is 2.18 bits per heavy atom. The molecule has 1 aromatic rings. The summed E-state index contributed by atoms with van der Waals surface area (Å²) in [5.41, 5.74) is -1.25. The second kappa shape index (κ2) is 6.54. The van der Waals surface area contributed by atoms with Gasteiger partial charge in [0.25, 0.3) is 0 Å². The van der Waals surface area contributed by atoms with Crippen molar-refractivity contribution in [3.05, 3.63) is 24.3 Å². The van der Waals surface area contributed by atoms with Gasteiger partial charge in [-0.1, -0.05) is 6.92 Å². The molecule has 0 radical (unpaired) electrons. The Labute approximate surface area is 124 Å². The van der Waals surface area contributed by atoms with Crippen LogP contribution in [0.2, 0.25) is 0 Å². The first-order chi connectivity index (χ1) is 10.1. The molecule has 1 aromatic carbocycles. The van der Waals surface area contributed by atoms with Gasteiger partial charge in [-0.15, -0.1) is 13.2 Å². The van der Waals surface area contributed by atoms with Crippen molar-refractivity contribution in [2.45, 2.75) is 32.2 Å². The number of aliphatic carboxylic acids is 1. The maximum Gasteiger partial charge on any atom is 0.573 e. The number of nitrogens with one attached hydrogen (secondary N) is 2. The average Bonchev–Trinajstić information content (AvgIpc) is 2.39. The van der Waals surface area contributed by atoms with Crippen LogP contribution in [-0.4, -0.2) is 29.0 Å². The number of carboxylic acid groups (broad SMARTS) is 1. The fourth-order valence-electron chi connectivity index (χ4n) is 1.45. The van der Waals surface area contributed by atoms with Gasteiger partial charge in [0.05, 0.1) is 0 Å². The normalized spacial score (nSPS) is 13.9. The fraction of sp³-hybridized carbons (Fsp3) is 0.385. The van der Waals surface area contributed by atoms with Crippen molar-refractivity contribution >= 4 is 17.7 Å². The van der Waals surface area contributed by atoms with E-state index in [9.17, 15) is 22.8 Å². The third kappa shape index (κ3) is 5.15. The maximum absolute atomic E-state index is 12.0. The molecule has 0 saturated carbocycles. The highest BCUT2D eigenvalue weighted by Gasteiger charge is 2.33. The van der Waals surface area contributed by atoms with E-state index < -0.39 is 29.7 Å². The van der Waals surface area contributed by atoms with Crippen LogP contribution in [0.4, 0.5) is 23.7 Å². The Hall–Kier alpha value is -2.45. The van der Waals surface area contributed by atoms with Crippen LogP contribution in [-0.2, 0) is 4.79 Å². The SMILES string of the molecule is CCC(C)(NC(=O)Nc1ccc(OC(F)(F)F)cc1)C(=O)O. The van der Waals surface area contributed by atoms with Crippen LogP contribution >= 0.6 is 0 Å². The van der Waals surface area contributed by atoms with E-state index in [1.807, 2.05) is 0 Å². The third-order valence-corrected chi connectivity index (χ3v) is 2.91. The number of amides is 2. The summed E-state index contributed by atoms with van der Waals surface area (Å²) < 4.78 is 39.7. The monoisotopic (exact) mass is 320 g/mol. The smallest absolute Gasteiger partial charge is 0.480 e. The summed E-state index contributed by atoms with van der Waals surface area (Å²) in [5.74, 6) is -1.62. The van der Waals surface area contributed by atoms with Crippen molar-refractivity contribution in [3.63, 3.8) is 0 Å². The fourth-order valence-corrected chi connectivity index (χ4v) is 1.45. The van der Waals surface area contributed by atoms with E-state index in [0.717, 1.165) is 12.1 Å². The van der Waals surface area contributed by atoms with E-state index in [-0.39, 0.29) is 12.1 Å². The number of hydrogen-bond acceptors (Lipinski definition) is 3. The van der Waals surface area contributed by atoms with E-state index in [0.29, 0.717) is 0 Å². The Bertz CT molecular complexity index is 545. The predicted octanol–water partition coefficient (Wildman–Crippen LogP) is 2.96. The van der Waals surface area contributed by atoms with Crippen LogP contribution in [0.1, 0.15) is 20.3 Å². The van der Waals surface area contributed by atoms with Crippen LogP contribution in [0.15, 0.2) is 24.3 Å². The molecule has 0 aliphatic rings. The molecule has 0 heterocycles. The number of carbonyl (C=O) groups excluding carboxylic acids is 1. The van der Waals surface area contributed by atoms with Crippen LogP contribution in [0.25, 0.3) is 0 Å². The molecule has 0 spiro atoms. The topological polar surface area (TPSA) is 87.7 Å². The van der Waals surface area contributed by atoms with E-state index in [2.05, 4.69) is 15.4 Å². The van der Waals surface area contributed by atoms with Gasteiger partial charge in [-0.05, 0) is 37.6 Å². The summed E-state index contributed by atoms with van der Waals surface area (Å²) in [4.78, 5) is 22.8. The summed E-state index contributed by atoms with van der Waals surface area (Å²) in [5, 5.41) is 13.6. The number of anilines is 1. The number of carbonyl (C=O) groups is 2. The van der Waals surface area contributed by atoms with Crippen molar-refractivity contribution < 1.29 is 32.6 Å². The minimum Gasteiger partial charge on any atom is -0.480 e. The molecule has 0 aliphatic carbocycles. The van der Waals surface area contributed by atoms with Gasteiger partial charge in [0.15, 0.2) is 0 Å². The summed E-state index contributed by atoms with van der Waals surface area (Å²) in [6.45, 7) is 2.94. The summed E-state index contributed by atoms with van der Waals surface area (Å²) >= 11 is 0. The van der Waals surface area contributed by atoms with Gasteiger partial charge in [0.1, 0.15) is 11.3 Å². The molecule has 9 heteroatoms. The van der Waals surface area contributed by atoms with Crippen molar-refractivity contribution in [2.24, 2.45) is 0 Å². The zero-order valence-electron chi connectivity index (χ0n) is 11.8. The van der Waals surface area contributed by atoms with Gasteiger partial charge in [0.2, 0.25) is 0 Å². The molecule has 0 fully saturated rings. The van der Waals surface area contributed by atoms with Gasteiger partial charge in [-0.2, -0.15) is 0 Å². The molecule has 0 bridgehead atoms. The largest absolute Gasteiger partial charge is 0.573 e. The summed E-state index contributed by atoms with van der Waals surface area (Å²) in [7, 11) is 0. The lowest BCUT2D eigenvalue weighted by Gasteiger charge is -2.24. The summed E-state index contributed by atoms with van der Waals surface area (Å²) in [6.07, 6.45) is -4.63. The van der Waals surface area contributed by atoms with Gasteiger partial charge in [-0.3, -0.25) is 0 Å². The van der Waals surface area contributed by atoms with Gasteiger partial charge in [0, 0.05) is 5.69 Å². The number of ether oxygens (including phenoxy) is 1. The molecular formula is C13H15F3N2O4. The van der Waals surface area contributed by atoms with E-state index in [1.165, 1.54) is 19.1 Å². The van der Waals surface area contributed by atoms with Crippen molar-refractivity contribution in [1.29, 1.82) is 0 Å². The standard InChI is InChI=1S/C13H15F3N2O4/c1-3-12(2,10(19)20)18-11(21)17-8-4-6-9(7-5-8)22-13(14,15)16/h4-7H,3H2,1-2H3,(H,19,20)(H2,17,18,21). The highest BCUT2D eigenvalue weighted by atomic mass is 19.4. The molecule has 3 N–H and O–H groups in total. The molecule has 122 valence electrons. The van der Waals surface area contributed by atoms with Crippen LogP contribution in [0, 0.1) is 0 Å². The first-order valence-corrected chi connectivity index (χ1v) is 6.24. The molecule has 1 unspecified atom stereocenters. The maximum atomic E-state index is 12.0. The van der Waals surface area contributed by atoms with E-state index in [4.69, 9.17) is 5.11 Å². The average molecular weight is 320 g/mol. The Kier molecular flexibility index (Phi) is 5.23. The lowest BCUT2D eigenvalue weighted by Crippen LogP contribution is -2.53. The van der Waals surface area contributed by atoms with E-state index >= 15 is 0 Å². The minimum absolute atomic E-state index is 0.161. The Morgan fingerprint density at radius 1 is 1.23 bits per heavy atom. The molecule has 22 heavy (non-hydrogen) atoms. The molecule has 0 aliphatic heterocycles. The van der Waals surface area contributed by atoms with E-state index in [1.54, 1.807) is 6.92 Å². The zero-order valence-corrected chi connectivity index (χ0v) is 11.8. The third-order valence-electron chi connectivity index (χ3n) is 2.91. The molecule has 0 aromatic heterocycles. The highest BCUT2D eigenvalue weighted by Crippen LogP contribution is 2.24. The Balaban J connectivity index is 2.67. The predicted molar refractivity (Wildman–Crippen MR) is 71.6 cm³/mol. The second-order valence-corrected chi connectivity index (χ2v) is 4.64. The van der Waals surface area contributed by atoms with Gasteiger partial charge < -0.3 is 20.5 Å². The van der Waals surface area contributed by atoms with Crippen LogP contribution < -0.4 is 15.4 Å². The van der Waals surface area contributed by atoms with Gasteiger partial charge >= 0.3 is 18.4 Å². The van der Waals surface area contributed by atoms with Crippen LogP contribution in [0.3, 0.4) is 0 Å². The van der Waals surface area contributed by atoms with Gasteiger partial charge in [-0.25, -0.2) is 9.59 Å². The number of urea groups is 1. The number of halogens is 3. The lowest BCUT2D eigenvalue weighted by molar-refractivity contribution is -0.274. The summed E-state index contributed by atoms with van der Waals surface area (Å²) in [6, 6.07) is 3.67. The lowest BCUT2D eigenvalue weighted by atomic mass is 10.00. The highest BCUT2D eigenvalue weighted by molar-refractivity contribution is 5.93. The molecule has 0 saturated heterocycles. The first kappa shape index (κ1) is 17.6. The quantitative estimate of drug-likeness (QED) is 0.778. The molecule has 1 rings (SSSR count). The second-order valence-electron chi connectivity index (χ2n) is 4.64. The first-order valence-electron chi connectivity index (χ1n) is 6.24. The van der Waals surface area contributed by atoms with Crippen molar-refractivity contribution in [1.82, 2.24) is 5.32 Å². The van der Waals surface area contributed by atoms with Crippen molar-refractivity contribution in [3.8, 4) is 5.75 Å². The number of alkyl halides is 3. The number of hydrogen-bond donors (Lipinski definition) is 3. The number of benzene rings is 1. The zero-order chi connectivity index (χ0) is 17.0. The van der Waals surface area contributed by atoms with Crippen molar-refractivity contribution in [2.75, 3.05) is 5.32 Å². The molecule has 1 atom stereocenters.